The van der Waals surface area contributed by atoms with Gasteiger partial charge in [-0.2, -0.15) is 0 Å². The normalized spacial score (nSPS) is 23.8. The molecule has 0 amide bonds. The molecule has 1 aliphatic rings. The van der Waals surface area contributed by atoms with Crippen molar-refractivity contribution in [1.29, 1.82) is 0 Å². The SMILES string of the molecule is CC1CCC(OCc2cccc(C(=O)O)n2)CC1. The third-order valence-corrected chi connectivity index (χ3v) is 3.46. The lowest BCUT2D eigenvalue weighted by Crippen LogP contribution is -2.20. The average molecular weight is 249 g/mol. The topological polar surface area (TPSA) is 59.4 Å². The fourth-order valence-corrected chi connectivity index (χ4v) is 2.28. The highest BCUT2D eigenvalue weighted by Gasteiger charge is 2.18. The Bertz CT molecular complexity index is 411. The van der Waals surface area contributed by atoms with Crippen LogP contribution >= 0.6 is 0 Å². The Morgan fingerprint density at radius 3 is 2.78 bits per heavy atom. The molecule has 1 aromatic rings. The van der Waals surface area contributed by atoms with Crippen molar-refractivity contribution < 1.29 is 14.6 Å². The molecule has 0 aromatic carbocycles. The average Bonchev–Trinajstić information content (AvgIpc) is 2.38. The molecule has 98 valence electrons. The van der Waals surface area contributed by atoms with E-state index >= 15 is 0 Å². The van der Waals surface area contributed by atoms with Gasteiger partial charge < -0.3 is 9.84 Å². The molecule has 1 aromatic heterocycles. The third-order valence-electron chi connectivity index (χ3n) is 3.46. The first-order valence-corrected chi connectivity index (χ1v) is 6.46. The van der Waals surface area contributed by atoms with Crippen molar-refractivity contribution in [2.45, 2.75) is 45.3 Å². The predicted octanol–water partition coefficient (Wildman–Crippen LogP) is 2.88. The standard InChI is InChI=1S/C14H19NO3/c1-10-5-7-12(8-6-10)18-9-11-3-2-4-13(15-11)14(16)17/h2-4,10,12H,5-9H2,1H3,(H,16,17). The van der Waals surface area contributed by atoms with E-state index in [-0.39, 0.29) is 5.69 Å². The molecule has 1 saturated carbocycles. The second-order valence-corrected chi connectivity index (χ2v) is 5.01. The summed E-state index contributed by atoms with van der Waals surface area (Å²) in [5, 5.41) is 8.85. The summed E-state index contributed by atoms with van der Waals surface area (Å²) in [7, 11) is 0. The Kier molecular flexibility index (Phi) is 4.31. The van der Waals surface area contributed by atoms with E-state index in [0.29, 0.717) is 18.4 Å². The molecule has 0 saturated heterocycles. The second-order valence-electron chi connectivity index (χ2n) is 5.01. The molecule has 0 bridgehead atoms. The van der Waals surface area contributed by atoms with Crippen LogP contribution in [0.5, 0.6) is 0 Å². The maximum absolute atomic E-state index is 10.8. The zero-order chi connectivity index (χ0) is 13.0. The monoisotopic (exact) mass is 249 g/mol. The van der Waals surface area contributed by atoms with E-state index in [4.69, 9.17) is 9.84 Å². The molecule has 4 nitrogen and oxygen atoms in total. The van der Waals surface area contributed by atoms with Crippen molar-refractivity contribution in [3.8, 4) is 0 Å². The van der Waals surface area contributed by atoms with Crippen LogP contribution in [0.15, 0.2) is 18.2 Å². The van der Waals surface area contributed by atoms with Crippen LogP contribution in [-0.2, 0) is 11.3 Å². The number of rotatable bonds is 4. The van der Waals surface area contributed by atoms with Gasteiger partial charge in [-0.25, -0.2) is 9.78 Å². The quantitative estimate of drug-likeness (QED) is 0.891. The van der Waals surface area contributed by atoms with E-state index in [1.54, 1.807) is 12.1 Å². The smallest absolute Gasteiger partial charge is 0.354 e. The van der Waals surface area contributed by atoms with E-state index in [1.165, 1.54) is 18.9 Å². The number of carboxylic acids is 1. The number of pyridine rings is 1. The first-order chi connectivity index (χ1) is 8.65. The lowest BCUT2D eigenvalue weighted by Gasteiger charge is -2.26. The van der Waals surface area contributed by atoms with Gasteiger partial charge in [-0.05, 0) is 43.7 Å². The maximum Gasteiger partial charge on any atom is 0.354 e. The predicted molar refractivity (Wildman–Crippen MR) is 67.4 cm³/mol. The Morgan fingerprint density at radius 1 is 1.39 bits per heavy atom. The second kappa shape index (κ2) is 5.96. The Hall–Kier alpha value is -1.42. The lowest BCUT2D eigenvalue weighted by atomic mass is 9.89. The summed E-state index contributed by atoms with van der Waals surface area (Å²) >= 11 is 0. The zero-order valence-corrected chi connectivity index (χ0v) is 10.6. The first kappa shape index (κ1) is 13.0. The van der Waals surface area contributed by atoms with Gasteiger partial charge in [0, 0.05) is 0 Å². The van der Waals surface area contributed by atoms with Crippen LogP contribution in [0.25, 0.3) is 0 Å². The summed E-state index contributed by atoms with van der Waals surface area (Å²) < 4.78 is 5.80. The van der Waals surface area contributed by atoms with Gasteiger partial charge in [0.25, 0.3) is 0 Å². The number of hydrogen-bond acceptors (Lipinski definition) is 3. The molecule has 1 aliphatic carbocycles. The third kappa shape index (κ3) is 3.53. The van der Waals surface area contributed by atoms with Gasteiger partial charge in [0.1, 0.15) is 5.69 Å². The summed E-state index contributed by atoms with van der Waals surface area (Å²) in [6, 6.07) is 5.00. The first-order valence-electron chi connectivity index (χ1n) is 6.46. The van der Waals surface area contributed by atoms with Crippen LogP contribution in [0.1, 0.15) is 48.8 Å². The number of carbonyl (C=O) groups is 1. The van der Waals surface area contributed by atoms with Crippen molar-refractivity contribution in [2.24, 2.45) is 5.92 Å². The Labute approximate surface area is 107 Å². The number of carboxylic acid groups (broad SMARTS) is 1. The van der Waals surface area contributed by atoms with Gasteiger partial charge in [0.15, 0.2) is 0 Å². The molecular formula is C14H19NO3. The van der Waals surface area contributed by atoms with Crippen molar-refractivity contribution in [1.82, 2.24) is 4.98 Å². The van der Waals surface area contributed by atoms with E-state index < -0.39 is 5.97 Å². The number of aromatic nitrogens is 1. The van der Waals surface area contributed by atoms with Crippen LogP contribution in [0, 0.1) is 5.92 Å². The number of nitrogens with zero attached hydrogens (tertiary/aromatic N) is 1. The molecule has 0 aliphatic heterocycles. The van der Waals surface area contributed by atoms with Gasteiger partial charge in [-0.15, -0.1) is 0 Å². The summed E-state index contributed by atoms with van der Waals surface area (Å²) in [4.78, 5) is 14.8. The van der Waals surface area contributed by atoms with Crippen molar-refractivity contribution in [3.63, 3.8) is 0 Å². The maximum atomic E-state index is 10.8. The van der Waals surface area contributed by atoms with E-state index in [0.717, 1.165) is 18.8 Å². The van der Waals surface area contributed by atoms with Crippen LogP contribution in [0.3, 0.4) is 0 Å². The molecule has 18 heavy (non-hydrogen) atoms. The number of ether oxygens (including phenoxy) is 1. The van der Waals surface area contributed by atoms with Crippen LogP contribution in [-0.4, -0.2) is 22.2 Å². The molecule has 1 N–H and O–H groups in total. The van der Waals surface area contributed by atoms with Crippen LogP contribution < -0.4 is 0 Å². The lowest BCUT2D eigenvalue weighted by molar-refractivity contribution is 0.00720. The molecule has 0 radical (unpaired) electrons. The molecule has 0 atom stereocenters. The van der Waals surface area contributed by atoms with Crippen molar-refractivity contribution >= 4 is 5.97 Å². The molecular weight excluding hydrogens is 230 g/mol. The zero-order valence-electron chi connectivity index (χ0n) is 10.6. The van der Waals surface area contributed by atoms with Crippen LogP contribution in [0.2, 0.25) is 0 Å². The highest BCUT2D eigenvalue weighted by Crippen LogP contribution is 2.25. The van der Waals surface area contributed by atoms with Gasteiger partial charge in [0.2, 0.25) is 0 Å². The summed E-state index contributed by atoms with van der Waals surface area (Å²) in [5.74, 6) is -0.193. The Morgan fingerprint density at radius 2 is 2.11 bits per heavy atom. The van der Waals surface area contributed by atoms with Crippen molar-refractivity contribution in [3.05, 3.63) is 29.6 Å². The summed E-state index contributed by atoms with van der Waals surface area (Å²) in [6.45, 7) is 2.67. The fraction of sp³-hybridized carbons (Fsp3) is 0.571. The minimum absolute atomic E-state index is 0.0772. The molecule has 0 unspecified atom stereocenters. The number of aromatic carboxylic acids is 1. The molecule has 1 heterocycles. The highest BCUT2D eigenvalue weighted by molar-refractivity contribution is 5.85. The van der Waals surface area contributed by atoms with Crippen molar-refractivity contribution in [2.75, 3.05) is 0 Å². The van der Waals surface area contributed by atoms with Gasteiger partial charge in [-0.1, -0.05) is 13.0 Å². The molecule has 4 heteroatoms. The Balaban J connectivity index is 1.86. The van der Waals surface area contributed by atoms with Gasteiger partial charge in [-0.3, -0.25) is 0 Å². The largest absolute Gasteiger partial charge is 0.477 e. The van der Waals surface area contributed by atoms with E-state index in [9.17, 15) is 4.79 Å². The summed E-state index contributed by atoms with van der Waals surface area (Å²) in [5.41, 5.74) is 0.766. The summed E-state index contributed by atoms with van der Waals surface area (Å²) in [6.07, 6.45) is 4.93. The van der Waals surface area contributed by atoms with Gasteiger partial charge >= 0.3 is 5.97 Å². The van der Waals surface area contributed by atoms with E-state index in [2.05, 4.69) is 11.9 Å². The minimum atomic E-state index is -0.997. The molecule has 2 rings (SSSR count). The fourth-order valence-electron chi connectivity index (χ4n) is 2.28. The minimum Gasteiger partial charge on any atom is -0.477 e. The molecule has 0 spiro atoms. The van der Waals surface area contributed by atoms with E-state index in [1.807, 2.05) is 0 Å². The molecule has 1 fully saturated rings. The highest BCUT2D eigenvalue weighted by atomic mass is 16.5. The number of hydrogen-bond donors (Lipinski definition) is 1. The van der Waals surface area contributed by atoms with Gasteiger partial charge in [0.05, 0.1) is 18.4 Å². The van der Waals surface area contributed by atoms with Crippen LogP contribution in [0.4, 0.5) is 0 Å².